The first-order valence-corrected chi connectivity index (χ1v) is 5.17. The van der Waals surface area contributed by atoms with Crippen molar-refractivity contribution in [3.05, 3.63) is 11.6 Å². The summed E-state index contributed by atoms with van der Waals surface area (Å²) in [6.07, 6.45) is 3.45. The van der Waals surface area contributed by atoms with Crippen LogP contribution in [0, 0.1) is 11.3 Å². The van der Waals surface area contributed by atoms with Gasteiger partial charge in [0.2, 0.25) is 0 Å². The van der Waals surface area contributed by atoms with Crippen LogP contribution in [0.25, 0.3) is 0 Å². The number of aromatic nitrogens is 3. The van der Waals surface area contributed by atoms with E-state index in [1.807, 2.05) is 13.0 Å². The van der Waals surface area contributed by atoms with Gasteiger partial charge in [-0.1, -0.05) is 0 Å². The fourth-order valence-electron chi connectivity index (χ4n) is 1.80. The molecule has 5 nitrogen and oxygen atoms in total. The van der Waals surface area contributed by atoms with Gasteiger partial charge >= 0.3 is 0 Å². The highest BCUT2D eigenvalue weighted by atomic mass is 16.5. The monoisotopic (exact) mass is 206 g/mol. The lowest BCUT2D eigenvalue weighted by molar-refractivity contribution is -0.0758. The van der Waals surface area contributed by atoms with E-state index >= 15 is 0 Å². The minimum Gasteiger partial charge on any atom is -0.367 e. The molecule has 1 aliphatic heterocycles. The Labute approximate surface area is 88.5 Å². The number of nitrogens with one attached hydrogen (secondary N) is 1. The standard InChI is InChI=1S/C10H14N4O/c1-10(5-2-3-7-15-10)9-12-8(4-6-11)13-14-9/h2-5,7H2,1H3,(H,12,13,14). The number of hydrogen-bond donors (Lipinski definition) is 1. The molecule has 0 amide bonds. The first-order valence-electron chi connectivity index (χ1n) is 5.17. The minimum absolute atomic E-state index is 0.267. The number of nitrogens with zero attached hydrogens (tertiary/aromatic N) is 3. The fourth-order valence-corrected chi connectivity index (χ4v) is 1.80. The van der Waals surface area contributed by atoms with E-state index in [0.717, 1.165) is 25.9 Å². The van der Waals surface area contributed by atoms with Crippen molar-refractivity contribution in [3.8, 4) is 6.07 Å². The van der Waals surface area contributed by atoms with Gasteiger partial charge in [0.25, 0.3) is 0 Å². The van der Waals surface area contributed by atoms with Gasteiger partial charge in [-0.2, -0.15) is 10.4 Å². The maximum atomic E-state index is 8.53. The lowest BCUT2D eigenvalue weighted by atomic mass is 9.95. The minimum atomic E-state index is -0.373. The van der Waals surface area contributed by atoms with E-state index in [-0.39, 0.29) is 12.0 Å². The molecule has 1 N–H and O–H groups in total. The lowest BCUT2D eigenvalue weighted by Crippen LogP contribution is -2.31. The topological polar surface area (TPSA) is 74.6 Å². The van der Waals surface area contributed by atoms with Crippen molar-refractivity contribution in [2.24, 2.45) is 0 Å². The largest absolute Gasteiger partial charge is 0.367 e. The summed E-state index contributed by atoms with van der Waals surface area (Å²) in [6.45, 7) is 2.77. The summed E-state index contributed by atoms with van der Waals surface area (Å²) >= 11 is 0. The SMILES string of the molecule is CC1(c2n[nH]c(CC#N)n2)CCCCO1. The van der Waals surface area contributed by atoms with E-state index in [1.54, 1.807) is 0 Å². The highest BCUT2D eigenvalue weighted by Gasteiger charge is 2.33. The lowest BCUT2D eigenvalue weighted by Gasteiger charge is -2.30. The third-order valence-corrected chi connectivity index (χ3v) is 2.72. The second kappa shape index (κ2) is 3.99. The first kappa shape index (κ1) is 10.1. The molecule has 1 unspecified atom stereocenters. The Morgan fingerprint density at radius 2 is 2.47 bits per heavy atom. The highest BCUT2D eigenvalue weighted by molar-refractivity contribution is 5.04. The van der Waals surface area contributed by atoms with Crippen LogP contribution in [0.15, 0.2) is 0 Å². The second-order valence-corrected chi connectivity index (χ2v) is 3.98. The summed E-state index contributed by atoms with van der Waals surface area (Å²) in [7, 11) is 0. The van der Waals surface area contributed by atoms with Crippen LogP contribution in [-0.4, -0.2) is 21.8 Å². The van der Waals surface area contributed by atoms with E-state index in [4.69, 9.17) is 10.00 Å². The van der Waals surface area contributed by atoms with Crippen LogP contribution in [-0.2, 0) is 16.8 Å². The zero-order chi connectivity index (χ0) is 10.7. The highest BCUT2D eigenvalue weighted by Crippen LogP contribution is 2.32. The zero-order valence-electron chi connectivity index (χ0n) is 8.79. The van der Waals surface area contributed by atoms with Gasteiger partial charge in [-0.25, -0.2) is 4.98 Å². The Kier molecular flexibility index (Phi) is 2.69. The van der Waals surface area contributed by atoms with Crippen molar-refractivity contribution < 1.29 is 4.74 Å². The summed E-state index contributed by atoms with van der Waals surface area (Å²) in [4.78, 5) is 4.28. The van der Waals surface area contributed by atoms with Crippen LogP contribution in [0.4, 0.5) is 0 Å². The third kappa shape index (κ3) is 2.00. The van der Waals surface area contributed by atoms with Gasteiger partial charge < -0.3 is 4.74 Å². The zero-order valence-corrected chi connectivity index (χ0v) is 8.79. The molecule has 0 aliphatic carbocycles. The van der Waals surface area contributed by atoms with Crippen LogP contribution < -0.4 is 0 Å². The van der Waals surface area contributed by atoms with Crippen LogP contribution in [0.3, 0.4) is 0 Å². The van der Waals surface area contributed by atoms with Gasteiger partial charge in [0.05, 0.1) is 12.5 Å². The maximum absolute atomic E-state index is 8.53. The van der Waals surface area contributed by atoms with Crippen LogP contribution in [0.2, 0.25) is 0 Å². The Morgan fingerprint density at radius 3 is 3.13 bits per heavy atom. The Morgan fingerprint density at radius 1 is 1.60 bits per heavy atom. The quantitative estimate of drug-likeness (QED) is 0.791. The fraction of sp³-hybridized carbons (Fsp3) is 0.700. The number of aromatic amines is 1. The molecule has 2 rings (SSSR count). The van der Waals surface area contributed by atoms with Gasteiger partial charge in [0.15, 0.2) is 5.82 Å². The molecule has 1 aromatic rings. The van der Waals surface area contributed by atoms with E-state index < -0.39 is 0 Å². The summed E-state index contributed by atoms with van der Waals surface area (Å²) in [5, 5.41) is 15.4. The second-order valence-electron chi connectivity index (χ2n) is 3.98. The number of hydrogen-bond acceptors (Lipinski definition) is 4. The molecule has 1 atom stereocenters. The number of rotatable bonds is 2. The van der Waals surface area contributed by atoms with Crippen molar-refractivity contribution in [2.45, 2.75) is 38.2 Å². The predicted octanol–water partition coefficient (Wildman–Crippen LogP) is 1.29. The van der Waals surface area contributed by atoms with Crippen LogP contribution in [0.5, 0.6) is 0 Å². The predicted molar refractivity (Wildman–Crippen MR) is 52.9 cm³/mol. The van der Waals surface area contributed by atoms with Gasteiger partial charge in [0.1, 0.15) is 11.4 Å². The average molecular weight is 206 g/mol. The molecule has 15 heavy (non-hydrogen) atoms. The van der Waals surface area contributed by atoms with Gasteiger partial charge in [-0.05, 0) is 26.2 Å². The van der Waals surface area contributed by atoms with Crippen molar-refractivity contribution in [3.63, 3.8) is 0 Å². The molecular weight excluding hydrogens is 192 g/mol. The summed E-state index contributed by atoms with van der Waals surface area (Å²) in [5.74, 6) is 1.29. The van der Waals surface area contributed by atoms with E-state index in [2.05, 4.69) is 15.2 Å². The molecule has 0 spiro atoms. The molecule has 1 aromatic heterocycles. The summed E-state index contributed by atoms with van der Waals surface area (Å²) in [6, 6.07) is 2.04. The molecule has 0 radical (unpaired) electrons. The average Bonchev–Trinajstić information content (AvgIpc) is 2.69. The smallest absolute Gasteiger partial charge is 0.182 e. The normalized spacial score (nSPS) is 26.1. The number of ether oxygens (including phenoxy) is 1. The number of H-pyrrole nitrogens is 1. The van der Waals surface area contributed by atoms with Crippen molar-refractivity contribution in [2.75, 3.05) is 6.61 Å². The Balaban J connectivity index is 2.17. The molecule has 1 saturated heterocycles. The molecule has 80 valence electrons. The van der Waals surface area contributed by atoms with E-state index in [0.29, 0.717) is 11.6 Å². The van der Waals surface area contributed by atoms with Gasteiger partial charge in [-0.15, -0.1) is 0 Å². The van der Waals surface area contributed by atoms with Crippen molar-refractivity contribution in [1.29, 1.82) is 5.26 Å². The number of nitriles is 1. The summed E-state index contributed by atoms with van der Waals surface area (Å²) < 4.78 is 5.72. The van der Waals surface area contributed by atoms with Crippen LogP contribution >= 0.6 is 0 Å². The molecule has 0 bridgehead atoms. The molecule has 0 aromatic carbocycles. The molecule has 1 fully saturated rings. The van der Waals surface area contributed by atoms with E-state index in [9.17, 15) is 0 Å². The summed E-state index contributed by atoms with van der Waals surface area (Å²) in [5.41, 5.74) is -0.373. The van der Waals surface area contributed by atoms with Crippen molar-refractivity contribution >= 4 is 0 Å². The molecule has 0 saturated carbocycles. The molecule has 5 heteroatoms. The molecular formula is C10H14N4O. The Bertz CT molecular complexity index is 373. The van der Waals surface area contributed by atoms with Gasteiger partial charge in [0, 0.05) is 6.61 Å². The maximum Gasteiger partial charge on any atom is 0.182 e. The third-order valence-electron chi connectivity index (χ3n) is 2.72. The molecule has 2 heterocycles. The van der Waals surface area contributed by atoms with Gasteiger partial charge in [-0.3, -0.25) is 5.10 Å². The molecule has 1 aliphatic rings. The van der Waals surface area contributed by atoms with Crippen LogP contribution in [0.1, 0.15) is 37.8 Å². The van der Waals surface area contributed by atoms with Crippen molar-refractivity contribution in [1.82, 2.24) is 15.2 Å². The Hall–Kier alpha value is -1.41. The van der Waals surface area contributed by atoms with E-state index in [1.165, 1.54) is 0 Å². The first-order chi connectivity index (χ1) is 7.24.